The fraction of sp³-hybridized carbons (Fsp3) is 0.500. The molecule has 84 valence electrons. The summed E-state index contributed by atoms with van der Waals surface area (Å²) in [5, 5.41) is 3.91. The van der Waals surface area contributed by atoms with Gasteiger partial charge in [-0.1, -0.05) is 28.9 Å². The van der Waals surface area contributed by atoms with Crippen LogP contribution in [0, 0.1) is 0 Å². The van der Waals surface area contributed by atoms with E-state index >= 15 is 0 Å². The van der Waals surface area contributed by atoms with Gasteiger partial charge in [-0.2, -0.15) is 0 Å². The van der Waals surface area contributed by atoms with Crippen molar-refractivity contribution in [1.29, 1.82) is 0 Å². The van der Waals surface area contributed by atoms with Gasteiger partial charge in [0.05, 0.1) is 0 Å². The lowest BCUT2D eigenvalue weighted by Gasteiger charge is -2.16. The van der Waals surface area contributed by atoms with Gasteiger partial charge < -0.3 is 5.32 Å². The zero-order chi connectivity index (χ0) is 11.3. The van der Waals surface area contributed by atoms with Crippen molar-refractivity contribution >= 4 is 27.7 Å². The first-order valence-corrected chi connectivity index (χ1v) is 6.88. The van der Waals surface area contributed by atoms with Gasteiger partial charge in [-0.25, -0.2) is 0 Å². The Morgan fingerprint density at radius 1 is 1.40 bits per heavy atom. The lowest BCUT2D eigenvalue weighted by atomic mass is 10.2. The molecule has 1 aromatic rings. The van der Waals surface area contributed by atoms with Gasteiger partial charge >= 0.3 is 0 Å². The number of thioether (sulfide) groups is 1. The Morgan fingerprint density at radius 2 is 2.13 bits per heavy atom. The molecule has 0 spiro atoms. The van der Waals surface area contributed by atoms with Crippen LogP contribution in [0.2, 0.25) is 0 Å². The van der Waals surface area contributed by atoms with Gasteiger partial charge in [0.1, 0.15) is 0 Å². The number of hydrogen-bond acceptors (Lipinski definition) is 2. The Bertz CT molecular complexity index is 303. The minimum Gasteiger partial charge on any atom is -0.317 e. The average Bonchev–Trinajstić information content (AvgIpc) is 2.17. The summed E-state index contributed by atoms with van der Waals surface area (Å²) in [5.74, 6) is 0. The topological polar surface area (TPSA) is 12.0 Å². The van der Waals surface area contributed by atoms with Gasteiger partial charge in [-0.15, -0.1) is 11.8 Å². The first-order valence-electron chi connectivity index (χ1n) is 5.21. The number of rotatable bonds is 5. The Hall–Kier alpha value is 0.01000. The molecule has 0 saturated heterocycles. The number of halogens is 1. The highest BCUT2D eigenvalue weighted by atomic mass is 79.9. The fourth-order valence-electron chi connectivity index (χ4n) is 1.44. The normalized spacial score (nSPS) is 14.9. The van der Waals surface area contributed by atoms with E-state index < -0.39 is 0 Å². The molecular weight excluding hydrogens is 270 g/mol. The summed E-state index contributed by atoms with van der Waals surface area (Å²) in [6.45, 7) is 4.50. The van der Waals surface area contributed by atoms with Crippen molar-refractivity contribution < 1.29 is 0 Å². The van der Waals surface area contributed by atoms with Crippen LogP contribution in [-0.4, -0.2) is 18.3 Å². The van der Waals surface area contributed by atoms with E-state index in [1.807, 2.05) is 18.8 Å². The maximum Gasteiger partial charge on any atom is 0.0186 e. The number of nitrogens with one attached hydrogen (secondary N) is 1. The third-order valence-electron chi connectivity index (χ3n) is 2.31. The number of benzene rings is 1. The first kappa shape index (κ1) is 13.1. The SMILES string of the molecule is CNC(C)CC(C)Sc1cccc(Br)c1. The van der Waals surface area contributed by atoms with Gasteiger partial charge in [0.25, 0.3) is 0 Å². The Balaban J connectivity index is 2.47. The highest BCUT2D eigenvalue weighted by molar-refractivity contribution is 9.10. The molecule has 0 fully saturated rings. The predicted molar refractivity (Wildman–Crippen MR) is 72.6 cm³/mol. The van der Waals surface area contributed by atoms with Crippen molar-refractivity contribution in [2.45, 2.75) is 36.5 Å². The summed E-state index contributed by atoms with van der Waals surface area (Å²) in [4.78, 5) is 1.33. The second-order valence-electron chi connectivity index (χ2n) is 3.81. The van der Waals surface area contributed by atoms with Crippen molar-refractivity contribution in [2.24, 2.45) is 0 Å². The molecule has 15 heavy (non-hydrogen) atoms. The Kier molecular flexibility index (Phi) is 5.72. The summed E-state index contributed by atoms with van der Waals surface area (Å²) in [6, 6.07) is 9.06. The van der Waals surface area contributed by atoms with Crippen molar-refractivity contribution in [3.05, 3.63) is 28.7 Å². The molecule has 0 aromatic heterocycles. The van der Waals surface area contributed by atoms with Gasteiger partial charge in [-0.05, 0) is 38.6 Å². The van der Waals surface area contributed by atoms with E-state index in [9.17, 15) is 0 Å². The van der Waals surface area contributed by atoms with Gasteiger partial charge in [-0.3, -0.25) is 0 Å². The number of hydrogen-bond donors (Lipinski definition) is 1. The van der Waals surface area contributed by atoms with Crippen molar-refractivity contribution in [1.82, 2.24) is 5.32 Å². The monoisotopic (exact) mass is 287 g/mol. The van der Waals surface area contributed by atoms with Crippen molar-refractivity contribution in [3.8, 4) is 0 Å². The van der Waals surface area contributed by atoms with Crippen LogP contribution in [-0.2, 0) is 0 Å². The highest BCUT2D eigenvalue weighted by Gasteiger charge is 2.08. The summed E-state index contributed by atoms with van der Waals surface area (Å²) < 4.78 is 1.15. The molecule has 2 unspecified atom stereocenters. The zero-order valence-electron chi connectivity index (χ0n) is 9.46. The Morgan fingerprint density at radius 3 is 2.73 bits per heavy atom. The molecule has 0 amide bonds. The molecular formula is C12H18BrNS. The average molecular weight is 288 g/mol. The summed E-state index contributed by atoms with van der Waals surface area (Å²) in [6.07, 6.45) is 1.19. The van der Waals surface area contributed by atoms with Crippen molar-refractivity contribution in [2.75, 3.05) is 7.05 Å². The molecule has 0 aliphatic rings. The maximum atomic E-state index is 3.49. The van der Waals surface area contributed by atoms with E-state index in [0.29, 0.717) is 11.3 Å². The molecule has 0 aliphatic carbocycles. The molecule has 3 heteroatoms. The fourth-order valence-corrected chi connectivity index (χ4v) is 3.19. The third-order valence-corrected chi connectivity index (χ3v) is 3.93. The van der Waals surface area contributed by atoms with Crippen LogP contribution in [0.25, 0.3) is 0 Å². The third kappa shape index (κ3) is 5.05. The zero-order valence-corrected chi connectivity index (χ0v) is 11.9. The largest absolute Gasteiger partial charge is 0.317 e. The molecule has 1 aromatic carbocycles. The first-order chi connectivity index (χ1) is 7.11. The smallest absolute Gasteiger partial charge is 0.0186 e. The molecule has 1 rings (SSSR count). The molecule has 0 aliphatic heterocycles. The molecule has 0 heterocycles. The van der Waals surface area contributed by atoms with E-state index in [4.69, 9.17) is 0 Å². The van der Waals surface area contributed by atoms with Crippen LogP contribution >= 0.6 is 27.7 Å². The van der Waals surface area contributed by atoms with Crippen LogP contribution < -0.4 is 5.32 Å². The van der Waals surface area contributed by atoms with E-state index in [1.165, 1.54) is 11.3 Å². The van der Waals surface area contributed by atoms with Crippen molar-refractivity contribution in [3.63, 3.8) is 0 Å². The van der Waals surface area contributed by atoms with Crippen LogP contribution in [0.5, 0.6) is 0 Å². The van der Waals surface area contributed by atoms with E-state index in [1.54, 1.807) is 0 Å². The molecule has 1 nitrogen and oxygen atoms in total. The van der Waals surface area contributed by atoms with E-state index in [2.05, 4.69) is 59.4 Å². The summed E-state index contributed by atoms with van der Waals surface area (Å²) in [7, 11) is 2.02. The van der Waals surface area contributed by atoms with Gasteiger partial charge in [0, 0.05) is 20.7 Å². The lowest BCUT2D eigenvalue weighted by molar-refractivity contribution is 0.564. The van der Waals surface area contributed by atoms with E-state index in [0.717, 1.165) is 4.47 Å². The van der Waals surface area contributed by atoms with Crippen LogP contribution in [0.15, 0.2) is 33.6 Å². The molecule has 0 bridgehead atoms. The Labute approximate surface area is 105 Å². The quantitative estimate of drug-likeness (QED) is 0.824. The minimum absolute atomic E-state index is 0.583. The minimum atomic E-state index is 0.583. The second-order valence-corrected chi connectivity index (χ2v) is 6.24. The highest BCUT2D eigenvalue weighted by Crippen LogP contribution is 2.27. The van der Waals surface area contributed by atoms with Crippen LogP contribution in [0.3, 0.4) is 0 Å². The van der Waals surface area contributed by atoms with Gasteiger partial charge in [0.15, 0.2) is 0 Å². The standard InChI is InChI=1S/C12H18BrNS/c1-9(14-3)7-10(2)15-12-6-4-5-11(13)8-12/h4-6,8-10,14H,7H2,1-3H3. The second kappa shape index (κ2) is 6.56. The molecule has 1 N–H and O–H groups in total. The maximum absolute atomic E-state index is 3.49. The summed E-state index contributed by atoms with van der Waals surface area (Å²) >= 11 is 5.42. The molecule has 2 atom stereocenters. The van der Waals surface area contributed by atoms with Crippen LogP contribution in [0.4, 0.5) is 0 Å². The van der Waals surface area contributed by atoms with E-state index in [-0.39, 0.29) is 0 Å². The predicted octanol–water partition coefficient (Wildman–Crippen LogP) is 3.93. The summed E-state index contributed by atoms with van der Waals surface area (Å²) in [5.41, 5.74) is 0. The van der Waals surface area contributed by atoms with Gasteiger partial charge in [0.2, 0.25) is 0 Å². The molecule has 0 saturated carbocycles. The lowest BCUT2D eigenvalue weighted by Crippen LogP contribution is -2.24. The van der Waals surface area contributed by atoms with Crippen LogP contribution in [0.1, 0.15) is 20.3 Å². The molecule has 0 radical (unpaired) electrons.